The lowest BCUT2D eigenvalue weighted by molar-refractivity contribution is -0.139. The van der Waals surface area contributed by atoms with Crippen LogP contribution in [0.15, 0.2) is 0 Å². The number of aliphatic carboxylic acids is 1. The molecule has 8 nitrogen and oxygen atoms in total. The maximum Gasteiger partial charge on any atom is 0.303 e. The zero-order valence-corrected chi connectivity index (χ0v) is 16.6. The number of thioether (sulfide) groups is 1. The summed E-state index contributed by atoms with van der Waals surface area (Å²) in [6.45, 7) is 6.51. The van der Waals surface area contributed by atoms with E-state index in [2.05, 4.69) is 16.0 Å². The van der Waals surface area contributed by atoms with E-state index in [9.17, 15) is 19.2 Å². The molecule has 9 heteroatoms. The summed E-state index contributed by atoms with van der Waals surface area (Å²) in [5, 5.41) is 16.6. The summed E-state index contributed by atoms with van der Waals surface area (Å²) in [5.74, 6) is -0.376. The van der Waals surface area contributed by atoms with Gasteiger partial charge in [-0.05, 0) is 18.1 Å². The molecule has 150 valence electrons. The molecule has 26 heavy (non-hydrogen) atoms. The van der Waals surface area contributed by atoms with Crippen molar-refractivity contribution in [1.82, 2.24) is 16.0 Å². The highest BCUT2D eigenvalue weighted by molar-refractivity contribution is 7.99. The number of carbonyl (C=O) groups excluding carboxylic acids is 3. The van der Waals surface area contributed by atoms with Gasteiger partial charge in [0.15, 0.2) is 0 Å². The minimum absolute atomic E-state index is 0.0636. The first-order valence-corrected chi connectivity index (χ1v) is 10.0. The Bertz CT molecular complexity index is 471. The standard InChI is InChI=1S/C17H31N3O5S/c1-4-9-26-11-13(20-14(21)5-6-16(23)24)17(25)19-8-7-18-15(22)10-12(2)3/h12-13H,4-11H2,1-3H3,(H,18,22)(H,19,25)(H,20,21)(H,23,24)/t13-/m0/s1. The van der Waals surface area contributed by atoms with E-state index in [4.69, 9.17) is 5.11 Å². The van der Waals surface area contributed by atoms with Crippen molar-refractivity contribution >= 4 is 35.5 Å². The minimum Gasteiger partial charge on any atom is -0.481 e. The van der Waals surface area contributed by atoms with Crippen LogP contribution in [0.25, 0.3) is 0 Å². The highest BCUT2D eigenvalue weighted by atomic mass is 32.2. The molecule has 1 atom stereocenters. The lowest BCUT2D eigenvalue weighted by Crippen LogP contribution is -2.49. The van der Waals surface area contributed by atoms with Crippen LogP contribution in [-0.4, -0.2) is 59.4 Å². The van der Waals surface area contributed by atoms with Crippen LogP contribution in [0.1, 0.15) is 46.5 Å². The summed E-state index contributed by atoms with van der Waals surface area (Å²) in [5.41, 5.74) is 0. The van der Waals surface area contributed by atoms with Crippen molar-refractivity contribution in [3.8, 4) is 0 Å². The van der Waals surface area contributed by atoms with Crippen molar-refractivity contribution in [3.63, 3.8) is 0 Å². The smallest absolute Gasteiger partial charge is 0.303 e. The van der Waals surface area contributed by atoms with Gasteiger partial charge < -0.3 is 21.1 Å². The van der Waals surface area contributed by atoms with Gasteiger partial charge in [-0.3, -0.25) is 19.2 Å². The number of carboxylic acid groups (broad SMARTS) is 1. The van der Waals surface area contributed by atoms with Crippen molar-refractivity contribution in [2.24, 2.45) is 5.92 Å². The number of nitrogens with one attached hydrogen (secondary N) is 3. The molecule has 0 aromatic carbocycles. The average molecular weight is 390 g/mol. The Morgan fingerprint density at radius 1 is 1.00 bits per heavy atom. The summed E-state index contributed by atoms with van der Waals surface area (Å²) in [6.07, 6.45) is 0.949. The Morgan fingerprint density at radius 2 is 1.65 bits per heavy atom. The number of carboxylic acids is 1. The van der Waals surface area contributed by atoms with Crippen LogP contribution >= 0.6 is 11.8 Å². The number of hydrogen-bond donors (Lipinski definition) is 4. The highest BCUT2D eigenvalue weighted by Gasteiger charge is 2.20. The molecule has 0 aliphatic rings. The Labute approximate surface area is 159 Å². The summed E-state index contributed by atoms with van der Waals surface area (Å²) in [4.78, 5) is 46.1. The average Bonchev–Trinajstić information content (AvgIpc) is 2.55. The molecule has 0 rings (SSSR count). The van der Waals surface area contributed by atoms with E-state index in [-0.39, 0.29) is 37.1 Å². The lowest BCUT2D eigenvalue weighted by Gasteiger charge is -2.18. The zero-order valence-electron chi connectivity index (χ0n) is 15.8. The first-order valence-electron chi connectivity index (χ1n) is 8.89. The molecule has 0 saturated heterocycles. The third-order valence-electron chi connectivity index (χ3n) is 3.19. The Balaban J connectivity index is 4.34. The molecule has 0 radical (unpaired) electrons. The fourth-order valence-electron chi connectivity index (χ4n) is 1.97. The molecule has 0 aliphatic carbocycles. The SMILES string of the molecule is CCCSC[C@H](NC(=O)CCC(=O)O)C(=O)NCCNC(=O)CC(C)C. The second-order valence-electron chi connectivity index (χ2n) is 6.33. The van der Waals surface area contributed by atoms with Crippen LogP contribution in [0, 0.1) is 5.92 Å². The number of amides is 3. The molecule has 3 amide bonds. The third-order valence-corrected chi connectivity index (χ3v) is 4.46. The summed E-state index contributed by atoms with van der Waals surface area (Å²) in [6, 6.07) is -0.723. The number of hydrogen-bond acceptors (Lipinski definition) is 5. The summed E-state index contributed by atoms with van der Waals surface area (Å²) < 4.78 is 0. The molecule has 0 unspecified atom stereocenters. The van der Waals surface area contributed by atoms with Gasteiger partial charge in [-0.1, -0.05) is 20.8 Å². The van der Waals surface area contributed by atoms with Crippen LogP contribution in [0.5, 0.6) is 0 Å². The van der Waals surface area contributed by atoms with Gasteiger partial charge in [-0.2, -0.15) is 11.8 Å². The monoisotopic (exact) mass is 389 g/mol. The Morgan fingerprint density at radius 3 is 2.23 bits per heavy atom. The van der Waals surface area contributed by atoms with E-state index in [1.54, 1.807) is 11.8 Å². The molecule has 0 spiro atoms. The van der Waals surface area contributed by atoms with Crippen LogP contribution in [-0.2, 0) is 19.2 Å². The molecule has 4 N–H and O–H groups in total. The van der Waals surface area contributed by atoms with E-state index in [1.165, 1.54) is 0 Å². The van der Waals surface area contributed by atoms with Crippen molar-refractivity contribution < 1.29 is 24.3 Å². The molecular formula is C17H31N3O5S. The van der Waals surface area contributed by atoms with Crippen LogP contribution in [0.3, 0.4) is 0 Å². The van der Waals surface area contributed by atoms with Gasteiger partial charge in [0.1, 0.15) is 6.04 Å². The Hall–Kier alpha value is -1.77. The summed E-state index contributed by atoms with van der Waals surface area (Å²) in [7, 11) is 0. The van der Waals surface area contributed by atoms with Crippen LogP contribution in [0.4, 0.5) is 0 Å². The lowest BCUT2D eigenvalue weighted by atomic mass is 10.1. The van der Waals surface area contributed by atoms with Crippen LogP contribution < -0.4 is 16.0 Å². The minimum atomic E-state index is -1.06. The fraction of sp³-hybridized carbons (Fsp3) is 0.765. The molecule has 0 aromatic heterocycles. The van der Waals surface area contributed by atoms with Crippen LogP contribution in [0.2, 0.25) is 0 Å². The summed E-state index contributed by atoms with van der Waals surface area (Å²) >= 11 is 1.55. The zero-order chi connectivity index (χ0) is 19.9. The van der Waals surface area contributed by atoms with Gasteiger partial charge in [0.25, 0.3) is 0 Å². The van der Waals surface area contributed by atoms with Gasteiger partial charge in [0, 0.05) is 31.7 Å². The molecule has 0 fully saturated rings. The second kappa shape index (κ2) is 14.4. The van der Waals surface area contributed by atoms with E-state index in [0.29, 0.717) is 18.7 Å². The van der Waals surface area contributed by atoms with Gasteiger partial charge in [0.2, 0.25) is 17.7 Å². The molecule has 0 saturated carbocycles. The molecule has 0 aromatic rings. The molecular weight excluding hydrogens is 358 g/mol. The van der Waals surface area contributed by atoms with Gasteiger partial charge in [-0.25, -0.2) is 0 Å². The topological polar surface area (TPSA) is 125 Å². The number of rotatable bonds is 14. The van der Waals surface area contributed by atoms with Crippen molar-refractivity contribution in [2.45, 2.75) is 52.5 Å². The predicted octanol–water partition coefficient (Wildman–Crippen LogP) is 0.758. The van der Waals surface area contributed by atoms with Crippen molar-refractivity contribution in [1.29, 1.82) is 0 Å². The third kappa shape index (κ3) is 13.5. The molecule has 0 bridgehead atoms. The van der Waals surface area contributed by atoms with E-state index in [0.717, 1.165) is 12.2 Å². The Kier molecular flexibility index (Phi) is 13.4. The second-order valence-corrected chi connectivity index (χ2v) is 7.48. The normalized spacial score (nSPS) is 11.7. The molecule has 0 heterocycles. The van der Waals surface area contributed by atoms with Gasteiger partial charge >= 0.3 is 5.97 Å². The van der Waals surface area contributed by atoms with Gasteiger partial charge in [-0.15, -0.1) is 0 Å². The van der Waals surface area contributed by atoms with E-state index < -0.39 is 17.9 Å². The maximum atomic E-state index is 12.3. The first-order chi connectivity index (χ1) is 12.3. The van der Waals surface area contributed by atoms with Gasteiger partial charge in [0.05, 0.1) is 6.42 Å². The maximum absolute atomic E-state index is 12.3. The quantitative estimate of drug-likeness (QED) is 0.325. The van der Waals surface area contributed by atoms with Crippen molar-refractivity contribution in [2.75, 3.05) is 24.6 Å². The largest absolute Gasteiger partial charge is 0.481 e. The number of carbonyl (C=O) groups is 4. The van der Waals surface area contributed by atoms with E-state index >= 15 is 0 Å². The van der Waals surface area contributed by atoms with E-state index in [1.807, 2.05) is 20.8 Å². The fourth-order valence-corrected chi connectivity index (χ4v) is 2.89. The van der Waals surface area contributed by atoms with Crippen molar-refractivity contribution in [3.05, 3.63) is 0 Å². The predicted molar refractivity (Wildman–Crippen MR) is 102 cm³/mol. The highest BCUT2D eigenvalue weighted by Crippen LogP contribution is 2.05. The molecule has 0 aliphatic heterocycles. The first kappa shape index (κ1) is 24.2.